The smallest absolute Gasteiger partial charge is 0.298 e. The fourth-order valence-corrected chi connectivity index (χ4v) is 2.91. The number of ketones is 1. The molecule has 2 aromatic carbocycles. The molecule has 0 aliphatic carbocycles. The van der Waals surface area contributed by atoms with Crippen LogP contribution in [0.25, 0.3) is 0 Å². The van der Waals surface area contributed by atoms with Crippen LogP contribution < -0.4 is 0 Å². The average molecular weight is 317 g/mol. The van der Waals surface area contributed by atoms with Gasteiger partial charge < -0.3 is 4.90 Å². The molecule has 3 rings (SSSR count). The highest BCUT2D eigenvalue weighted by Gasteiger charge is 2.27. The van der Waals surface area contributed by atoms with Crippen molar-refractivity contribution in [3.63, 3.8) is 0 Å². The molecule has 1 aliphatic rings. The molecule has 0 unspecified atom stereocenters. The molecule has 0 spiro atoms. The predicted octanol–water partition coefficient (Wildman–Crippen LogP) is 3.16. The Bertz CT molecular complexity index is 764. The van der Waals surface area contributed by atoms with E-state index in [-0.39, 0.29) is 17.6 Å². The summed E-state index contributed by atoms with van der Waals surface area (Å²) in [6, 6.07) is 18.8. The number of carbonyl (C=O) groups excluding carboxylic acids is 2. The first-order chi connectivity index (χ1) is 11.7. The Balaban J connectivity index is 1.56. The molecular formula is C21H19NO2. The molecule has 1 saturated heterocycles. The summed E-state index contributed by atoms with van der Waals surface area (Å²) in [7, 11) is 0. The first-order valence-electron chi connectivity index (χ1n) is 8.19. The van der Waals surface area contributed by atoms with Crippen molar-refractivity contribution < 1.29 is 9.59 Å². The molecule has 3 heteroatoms. The van der Waals surface area contributed by atoms with Gasteiger partial charge in [0.2, 0.25) is 0 Å². The maximum atomic E-state index is 12.5. The number of piperidine rings is 1. The summed E-state index contributed by atoms with van der Waals surface area (Å²) in [6.45, 7) is 1.18. The number of carbonyl (C=O) groups is 2. The molecule has 0 bridgehead atoms. The highest BCUT2D eigenvalue weighted by molar-refractivity contribution is 5.98. The highest BCUT2D eigenvalue weighted by Crippen LogP contribution is 2.21. The number of amides is 1. The SMILES string of the molecule is O=C(c1ccccc1)C1CCN(C(=O)C#Cc2ccccc2)CC1. The van der Waals surface area contributed by atoms with Crippen LogP contribution in [0.4, 0.5) is 0 Å². The fraction of sp³-hybridized carbons (Fsp3) is 0.238. The predicted molar refractivity (Wildman–Crippen MR) is 93.4 cm³/mol. The normalized spacial score (nSPS) is 14.6. The Morgan fingerprint density at radius 3 is 2.08 bits per heavy atom. The molecule has 120 valence electrons. The second-order valence-electron chi connectivity index (χ2n) is 5.91. The fourth-order valence-electron chi connectivity index (χ4n) is 2.91. The zero-order valence-electron chi connectivity index (χ0n) is 13.4. The van der Waals surface area contributed by atoms with Crippen LogP contribution in [0.2, 0.25) is 0 Å². The van der Waals surface area contributed by atoms with Crippen molar-refractivity contribution in [2.45, 2.75) is 12.8 Å². The van der Waals surface area contributed by atoms with Crippen LogP contribution >= 0.6 is 0 Å². The van der Waals surface area contributed by atoms with Crippen molar-refractivity contribution in [2.24, 2.45) is 5.92 Å². The van der Waals surface area contributed by atoms with Crippen molar-refractivity contribution in [1.29, 1.82) is 0 Å². The Morgan fingerprint density at radius 1 is 0.875 bits per heavy atom. The number of likely N-dealkylation sites (tertiary alicyclic amines) is 1. The van der Waals surface area contributed by atoms with Crippen LogP contribution in [-0.4, -0.2) is 29.7 Å². The Kier molecular flexibility index (Phi) is 5.08. The molecule has 1 aliphatic heterocycles. The van der Waals surface area contributed by atoms with E-state index < -0.39 is 0 Å². The third-order valence-corrected chi connectivity index (χ3v) is 4.30. The van der Waals surface area contributed by atoms with E-state index in [0.717, 1.165) is 11.1 Å². The van der Waals surface area contributed by atoms with Crippen molar-refractivity contribution in [3.05, 3.63) is 71.8 Å². The number of hydrogen-bond acceptors (Lipinski definition) is 2. The van der Waals surface area contributed by atoms with E-state index >= 15 is 0 Å². The van der Waals surface area contributed by atoms with Gasteiger partial charge in [0.15, 0.2) is 5.78 Å². The number of nitrogens with zero attached hydrogens (tertiary/aromatic N) is 1. The first kappa shape index (κ1) is 16.0. The lowest BCUT2D eigenvalue weighted by Gasteiger charge is -2.29. The molecule has 0 atom stereocenters. The van der Waals surface area contributed by atoms with E-state index in [2.05, 4.69) is 11.8 Å². The van der Waals surface area contributed by atoms with E-state index in [0.29, 0.717) is 25.9 Å². The molecule has 0 aromatic heterocycles. The molecule has 0 N–H and O–H groups in total. The van der Waals surface area contributed by atoms with Gasteiger partial charge in [0.05, 0.1) is 0 Å². The summed E-state index contributed by atoms with van der Waals surface area (Å²) in [6.07, 6.45) is 1.40. The molecule has 2 aromatic rings. The largest absolute Gasteiger partial charge is 0.332 e. The molecule has 24 heavy (non-hydrogen) atoms. The minimum absolute atomic E-state index is 0.00136. The van der Waals surface area contributed by atoms with Gasteiger partial charge in [-0.15, -0.1) is 0 Å². The molecule has 3 nitrogen and oxygen atoms in total. The van der Waals surface area contributed by atoms with E-state index in [1.54, 1.807) is 4.90 Å². The molecule has 0 radical (unpaired) electrons. The van der Waals surface area contributed by atoms with E-state index in [1.165, 1.54) is 0 Å². The summed E-state index contributed by atoms with van der Waals surface area (Å²) in [5.74, 6) is 5.60. The number of hydrogen-bond donors (Lipinski definition) is 0. The summed E-state index contributed by atoms with van der Waals surface area (Å²) in [5, 5.41) is 0. The Hall–Kier alpha value is -2.86. The summed E-state index contributed by atoms with van der Waals surface area (Å²) in [5.41, 5.74) is 1.59. The summed E-state index contributed by atoms with van der Waals surface area (Å²) in [4.78, 5) is 26.4. The monoisotopic (exact) mass is 317 g/mol. The molecule has 1 heterocycles. The molecule has 1 fully saturated rings. The topological polar surface area (TPSA) is 37.4 Å². The minimum atomic E-state index is -0.163. The van der Waals surface area contributed by atoms with Crippen LogP contribution in [0, 0.1) is 17.8 Å². The minimum Gasteiger partial charge on any atom is -0.332 e. The second-order valence-corrected chi connectivity index (χ2v) is 5.91. The molecule has 1 amide bonds. The lowest BCUT2D eigenvalue weighted by atomic mass is 9.89. The van der Waals surface area contributed by atoms with Gasteiger partial charge in [0, 0.05) is 36.1 Å². The second kappa shape index (κ2) is 7.61. The maximum absolute atomic E-state index is 12.5. The van der Waals surface area contributed by atoms with Gasteiger partial charge in [0.25, 0.3) is 5.91 Å². The third kappa shape index (κ3) is 3.91. The quantitative estimate of drug-likeness (QED) is 0.630. The lowest BCUT2D eigenvalue weighted by molar-refractivity contribution is -0.126. The first-order valence-corrected chi connectivity index (χ1v) is 8.19. The zero-order valence-corrected chi connectivity index (χ0v) is 13.4. The van der Waals surface area contributed by atoms with Gasteiger partial charge in [-0.3, -0.25) is 9.59 Å². The summed E-state index contributed by atoms with van der Waals surface area (Å²) >= 11 is 0. The standard InChI is InChI=1S/C21H19NO2/c23-20(12-11-17-7-3-1-4-8-17)22-15-13-19(14-16-22)21(24)18-9-5-2-6-10-18/h1-10,19H,13-16H2. The number of benzene rings is 2. The van der Waals surface area contributed by atoms with E-state index in [4.69, 9.17) is 0 Å². The van der Waals surface area contributed by atoms with Gasteiger partial charge in [-0.2, -0.15) is 0 Å². The van der Waals surface area contributed by atoms with Crippen molar-refractivity contribution >= 4 is 11.7 Å². The van der Waals surface area contributed by atoms with Crippen LogP contribution in [0.1, 0.15) is 28.8 Å². The zero-order chi connectivity index (χ0) is 16.8. The van der Waals surface area contributed by atoms with Crippen molar-refractivity contribution in [2.75, 3.05) is 13.1 Å². The number of Topliss-reactive ketones (excluding diaryl/α,β-unsaturated/α-hetero) is 1. The molecule has 0 saturated carbocycles. The average Bonchev–Trinajstić information content (AvgIpc) is 2.67. The third-order valence-electron chi connectivity index (χ3n) is 4.30. The van der Waals surface area contributed by atoms with Crippen LogP contribution in [-0.2, 0) is 4.79 Å². The maximum Gasteiger partial charge on any atom is 0.298 e. The summed E-state index contributed by atoms with van der Waals surface area (Å²) < 4.78 is 0. The Morgan fingerprint density at radius 2 is 1.46 bits per heavy atom. The van der Waals surface area contributed by atoms with Gasteiger partial charge in [-0.25, -0.2) is 0 Å². The van der Waals surface area contributed by atoms with Crippen LogP contribution in [0.15, 0.2) is 60.7 Å². The van der Waals surface area contributed by atoms with Gasteiger partial charge in [-0.05, 0) is 25.0 Å². The van der Waals surface area contributed by atoms with Crippen molar-refractivity contribution in [3.8, 4) is 11.8 Å². The Labute approximate surface area is 142 Å². The highest BCUT2D eigenvalue weighted by atomic mass is 16.2. The van der Waals surface area contributed by atoms with Crippen molar-refractivity contribution in [1.82, 2.24) is 4.90 Å². The lowest BCUT2D eigenvalue weighted by Crippen LogP contribution is -2.39. The van der Waals surface area contributed by atoms with E-state index in [1.807, 2.05) is 60.7 Å². The van der Waals surface area contributed by atoms with E-state index in [9.17, 15) is 9.59 Å². The van der Waals surface area contributed by atoms with Gasteiger partial charge >= 0.3 is 0 Å². The van der Waals surface area contributed by atoms with Gasteiger partial charge in [0.1, 0.15) is 0 Å². The molecular weight excluding hydrogens is 298 g/mol. The number of rotatable bonds is 2. The van der Waals surface area contributed by atoms with Gasteiger partial charge in [-0.1, -0.05) is 54.5 Å². The van der Waals surface area contributed by atoms with Crippen LogP contribution in [0.5, 0.6) is 0 Å². The van der Waals surface area contributed by atoms with Crippen LogP contribution in [0.3, 0.4) is 0 Å².